The fourth-order valence-corrected chi connectivity index (χ4v) is 3.38. The third-order valence-electron chi connectivity index (χ3n) is 4.86. The van der Waals surface area contributed by atoms with Crippen LogP contribution in [0.2, 0.25) is 0 Å². The summed E-state index contributed by atoms with van der Waals surface area (Å²) in [7, 11) is 0. The minimum atomic E-state index is -2.96. The van der Waals surface area contributed by atoms with Crippen molar-refractivity contribution < 1.29 is 27.2 Å². The maximum Gasteiger partial charge on any atom is 0.266 e. The van der Waals surface area contributed by atoms with Crippen LogP contribution in [0.4, 0.5) is 17.6 Å². The van der Waals surface area contributed by atoms with E-state index in [9.17, 15) is 27.2 Å². The Morgan fingerprint density at radius 3 is 2.41 bits per heavy atom. The Labute approximate surface area is 180 Å². The zero-order chi connectivity index (χ0) is 23.4. The highest BCUT2D eigenvalue weighted by Gasteiger charge is 2.21. The standard InChI is InChI=1S/C19H16F4N4O.C2H5NO/c20-14-4-3-11(7-13(14)18(21)22)12-8-15-17(24-9-12)19(23)25-27(15)10-16(28)26-5-1-2-6-26;1-2(3)4/h3-4,7-9,18H,1-2,5-6,10H2;1H3,(H2,3,4). The summed E-state index contributed by atoms with van der Waals surface area (Å²) in [4.78, 5) is 27.3. The number of fused-ring (bicyclic) bond motifs is 1. The average molecular weight is 451 g/mol. The summed E-state index contributed by atoms with van der Waals surface area (Å²) in [6.07, 6.45) is 0.214. The van der Waals surface area contributed by atoms with Crippen molar-refractivity contribution in [1.82, 2.24) is 19.7 Å². The highest BCUT2D eigenvalue weighted by atomic mass is 19.3. The third kappa shape index (κ3) is 5.21. The van der Waals surface area contributed by atoms with Crippen molar-refractivity contribution in [2.75, 3.05) is 13.1 Å². The van der Waals surface area contributed by atoms with Crippen molar-refractivity contribution in [3.63, 3.8) is 0 Å². The molecule has 2 amide bonds. The first-order chi connectivity index (χ1) is 15.2. The molecule has 1 aliphatic heterocycles. The summed E-state index contributed by atoms with van der Waals surface area (Å²) < 4.78 is 54.8. The van der Waals surface area contributed by atoms with Crippen molar-refractivity contribution in [2.24, 2.45) is 5.73 Å². The van der Waals surface area contributed by atoms with E-state index in [4.69, 9.17) is 0 Å². The number of carbonyl (C=O) groups excluding carboxylic acids is 2. The van der Waals surface area contributed by atoms with Crippen molar-refractivity contribution >= 4 is 22.8 Å². The number of amides is 2. The second kappa shape index (κ2) is 9.75. The SMILES string of the molecule is CC(N)=O.O=C(Cn1nc(F)c2ncc(-c3ccc(F)c(C(F)F)c3)cc21)N1CCCC1. The average Bonchev–Trinajstić information content (AvgIpc) is 3.36. The van der Waals surface area contributed by atoms with Crippen molar-refractivity contribution in [1.29, 1.82) is 0 Å². The molecule has 1 fully saturated rings. The lowest BCUT2D eigenvalue weighted by molar-refractivity contribution is -0.130. The molecule has 3 heterocycles. The molecule has 1 aliphatic rings. The van der Waals surface area contributed by atoms with Gasteiger partial charge in [0.2, 0.25) is 11.8 Å². The number of carbonyl (C=O) groups is 2. The van der Waals surface area contributed by atoms with Gasteiger partial charge in [-0.1, -0.05) is 6.07 Å². The molecule has 2 aromatic heterocycles. The summed E-state index contributed by atoms with van der Waals surface area (Å²) >= 11 is 0. The Balaban J connectivity index is 0.000000668. The number of benzene rings is 1. The van der Waals surface area contributed by atoms with Gasteiger partial charge in [-0.05, 0) is 36.6 Å². The Morgan fingerprint density at radius 2 is 1.78 bits per heavy atom. The van der Waals surface area contributed by atoms with E-state index in [0.29, 0.717) is 24.2 Å². The van der Waals surface area contributed by atoms with Gasteiger partial charge in [-0.2, -0.15) is 4.39 Å². The van der Waals surface area contributed by atoms with E-state index in [0.717, 1.165) is 25.0 Å². The number of nitrogens with two attached hydrogens (primary N) is 1. The lowest BCUT2D eigenvalue weighted by Gasteiger charge is -2.15. The Hall–Kier alpha value is -3.50. The number of pyridine rings is 1. The van der Waals surface area contributed by atoms with Gasteiger partial charge in [0.25, 0.3) is 12.4 Å². The number of likely N-dealkylation sites (tertiary alicyclic amines) is 1. The van der Waals surface area contributed by atoms with E-state index in [1.165, 1.54) is 29.9 Å². The van der Waals surface area contributed by atoms with Crippen LogP contribution >= 0.6 is 0 Å². The normalized spacial score (nSPS) is 13.4. The summed E-state index contributed by atoms with van der Waals surface area (Å²) in [5.74, 6) is -2.32. The third-order valence-corrected chi connectivity index (χ3v) is 4.86. The van der Waals surface area contributed by atoms with Crippen LogP contribution in [-0.2, 0) is 16.1 Å². The van der Waals surface area contributed by atoms with Crippen molar-refractivity contribution in [3.8, 4) is 11.1 Å². The van der Waals surface area contributed by atoms with E-state index < -0.39 is 23.8 Å². The second-order valence-corrected chi connectivity index (χ2v) is 7.28. The molecule has 0 radical (unpaired) electrons. The molecule has 1 aromatic carbocycles. The quantitative estimate of drug-likeness (QED) is 0.615. The molecular formula is C21H21F4N5O2. The largest absolute Gasteiger partial charge is 0.370 e. The molecule has 0 spiro atoms. The summed E-state index contributed by atoms with van der Waals surface area (Å²) in [5.41, 5.74) is 4.70. The number of primary amides is 1. The van der Waals surface area contributed by atoms with Gasteiger partial charge in [0.1, 0.15) is 17.9 Å². The van der Waals surface area contributed by atoms with Gasteiger partial charge in [-0.25, -0.2) is 18.2 Å². The first-order valence-electron chi connectivity index (χ1n) is 9.81. The van der Waals surface area contributed by atoms with E-state index in [-0.39, 0.29) is 29.4 Å². The zero-order valence-electron chi connectivity index (χ0n) is 17.2. The minimum Gasteiger partial charge on any atom is -0.370 e. The van der Waals surface area contributed by atoms with E-state index in [1.54, 1.807) is 4.90 Å². The molecule has 11 heteroatoms. The zero-order valence-corrected chi connectivity index (χ0v) is 17.2. The highest BCUT2D eigenvalue weighted by molar-refractivity contribution is 5.83. The smallest absolute Gasteiger partial charge is 0.266 e. The second-order valence-electron chi connectivity index (χ2n) is 7.28. The van der Waals surface area contributed by atoms with E-state index >= 15 is 0 Å². The molecule has 0 atom stereocenters. The minimum absolute atomic E-state index is 0.0193. The van der Waals surface area contributed by atoms with Crippen LogP contribution in [0.5, 0.6) is 0 Å². The number of nitrogens with zero attached hydrogens (tertiary/aromatic N) is 4. The fraction of sp³-hybridized carbons (Fsp3) is 0.333. The lowest BCUT2D eigenvalue weighted by atomic mass is 10.0. The Morgan fingerprint density at radius 1 is 1.12 bits per heavy atom. The number of hydrogen-bond donors (Lipinski definition) is 1. The lowest BCUT2D eigenvalue weighted by Crippen LogP contribution is -2.31. The topological polar surface area (TPSA) is 94.1 Å². The molecular weight excluding hydrogens is 430 g/mol. The maximum atomic E-state index is 14.1. The summed E-state index contributed by atoms with van der Waals surface area (Å²) in [5, 5.41) is 3.76. The van der Waals surface area contributed by atoms with Gasteiger partial charge in [-0.3, -0.25) is 14.3 Å². The molecule has 2 N–H and O–H groups in total. The predicted molar refractivity (Wildman–Crippen MR) is 109 cm³/mol. The number of hydrogen-bond acceptors (Lipinski definition) is 4. The first-order valence-corrected chi connectivity index (χ1v) is 9.81. The van der Waals surface area contributed by atoms with Crippen LogP contribution in [-0.4, -0.2) is 44.6 Å². The van der Waals surface area contributed by atoms with Crippen LogP contribution in [0.15, 0.2) is 30.5 Å². The summed E-state index contributed by atoms with van der Waals surface area (Å²) in [6.45, 7) is 2.49. The highest BCUT2D eigenvalue weighted by Crippen LogP contribution is 2.29. The molecule has 1 saturated heterocycles. The number of halogens is 4. The van der Waals surface area contributed by atoms with Gasteiger partial charge >= 0.3 is 0 Å². The number of rotatable bonds is 4. The number of alkyl halides is 2. The van der Waals surface area contributed by atoms with Gasteiger partial charge in [-0.15, -0.1) is 5.10 Å². The van der Waals surface area contributed by atoms with Crippen LogP contribution in [0, 0.1) is 11.8 Å². The van der Waals surface area contributed by atoms with Crippen molar-refractivity contribution in [3.05, 3.63) is 47.8 Å². The van der Waals surface area contributed by atoms with Gasteiger partial charge < -0.3 is 10.6 Å². The molecule has 0 unspecified atom stereocenters. The molecule has 7 nitrogen and oxygen atoms in total. The van der Waals surface area contributed by atoms with Crippen LogP contribution < -0.4 is 5.73 Å². The Kier molecular flexibility index (Phi) is 7.06. The molecule has 32 heavy (non-hydrogen) atoms. The molecule has 0 bridgehead atoms. The molecule has 170 valence electrons. The number of aromatic nitrogens is 3. The molecule has 0 aliphatic carbocycles. The van der Waals surface area contributed by atoms with Crippen molar-refractivity contribution in [2.45, 2.75) is 32.7 Å². The van der Waals surface area contributed by atoms with Crippen LogP contribution in [0.1, 0.15) is 31.8 Å². The van der Waals surface area contributed by atoms with Gasteiger partial charge in [0.05, 0.1) is 11.1 Å². The maximum absolute atomic E-state index is 14.1. The molecule has 0 saturated carbocycles. The summed E-state index contributed by atoms with van der Waals surface area (Å²) in [6, 6.07) is 4.85. The van der Waals surface area contributed by atoms with E-state index in [2.05, 4.69) is 15.8 Å². The molecule has 3 aromatic rings. The van der Waals surface area contributed by atoms with Crippen LogP contribution in [0.3, 0.4) is 0 Å². The monoisotopic (exact) mass is 451 g/mol. The molecule has 4 rings (SSSR count). The fourth-order valence-electron chi connectivity index (χ4n) is 3.38. The van der Waals surface area contributed by atoms with Gasteiger partial charge in [0, 0.05) is 31.8 Å². The van der Waals surface area contributed by atoms with Crippen LogP contribution in [0.25, 0.3) is 22.2 Å². The van der Waals surface area contributed by atoms with E-state index in [1.807, 2.05) is 0 Å². The van der Waals surface area contributed by atoms with Gasteiger partial charge in [0.15, 0.2) is 0 Å². The first kappa shape index (κ1) is 23.2. The Bertz CT molecular complexity index is 1140. The predicted octanol–water partition coefficient (Wildman–Crippen LogP) is 3.43.